The maximum atomic E-state index is 11.6. The lowest BCUT2D eigenvalue weighted by atomic mass is 10.1. The number of carboxylic acids is 1. The normalized spacial score (nSPS) is 10.2. The van der Waals surface area contributed by atoms with Crippen LogP contribution >= 0.6 is 0 Å². The Labute approximate surface area is 143 Å². The molecule has 0 saturated heterocycles. The van der Waals surface area contributed by atoms with Gasteiger partial charge in [0.2, 0.25) is 0 Å². The summed E-state index contributed by atoms with van der Waals surface area (Å²) < 4.78 is 0. The fraction of sp³-hybridized carbons (Fsp3) is 0. The van der Waals surface area contributed by atoms with Crippen molar-refractivity contribution in [1.82, 2.24) is 0 Å². The van der Waals surface area contributed by atoms with Gasteiger partial charge in [0.05, 0.1) is 16.2 Å². The molecule has 0 bridgehead atoms. The van der Waals surface area contributed by atoms with Crippen LogP contribution in [-0.2, 0) is 0 Å². The zero-order valence-corrected chi connectivity index (χ0v) is 13.1. The molecule has 6 heteroatoms. The highest BCUT2D eigenvalue weighted by molar-refractivity contribution is 5.98. The van der Waals surface area contributed by atoms with Crippen LogP contribution < -0.4 is 4.90 Å². The van der Waals surface area contributed by atoms with E-state index in [4.69, 9.17) is 0 Å². The average Bonchev–Trinajstić information content (AvgIpc) is 2.63. The summed E-state index contributed by atoms with van der Waals surface area (Å²) in [5.74, 6) is -1.10. The first-order valence-corrected chi connectivity index (χ1v) is 7.50. The third-order valence-corrected chi connectivity index (χ3v) is 3.71. The highest BCUT2D eigenvalue weighted by atomic mass is 16.6. The molecule has 0 aliphatic heterocycles. The molecule has 0 heterocycles. The molecule has 0 spiro atoms. The minimum Gasteiger partial charge on any atom is -0.478 e. The highest BCUT2D eigenvalue weighted by Crippen LogP contribution is 2.40. The van der Waals surface area contributed by atoms with E-state index in [1.165, 1.54) is 12.1 Å². The van der Waals surface area contributed by atoms with Gasteiger partial charge in [0, 0.05) is 11.8 Å². The largest absolute Gasteiger partial charge is 0.478 e. The molecule has 6 nitrogen and oxygen atoms in total. The molecule has 0 atom stereocenters. The van der Waals surface area contributed by atoms with Gasteiger partial charge in [0.25, 0.3) is 5.69 Å². The number of carbonyl (C=O) groups is 1. The minimum atomic E-state index is -1.10. The van der Waals surface area contributed by atoms with E-state index in [0.717, 1.165) is 0 Å². The van der Waals surface area contributed by atoms with Gasteiger partial charge in [-0.15, -0.1) is 0 Å². The predicted octanol–water partition coefficient (Wildman–Crippen LogP) is 4.76. The molecular weight excluding hydrogens is 320 g/mol. The summed E-state index contributed by atoms with van der Waals surface area (Å²) in [7, 11) is 0. The van der Waals surface area contributed by atoms with E-state index < -0.39 is 10.9 Å². The van der Waals surface area contributed by atoms with Crippen LogP contribution in [0.5, 0.6) is 0 Å². The molecular formula is C19H14N2O4. The first-order valence-electron chi connectivity index (χ1n) is 7.50. The van der Waals surface area contributed by atoms with Gasteiger partial charge in [0.15, 0.2) is 0 Å². The Morgan fingerprint density at radius 3 is 2.04 bits per heavy atom. The number of benzene rings is 3. The third-order valence-electron chi connectivity index (χ3n) is 3.71. The summed E-state index contributed by atoms with van der Waals surface area (Å²) in [5, 5.41) is 21.0. The molecule has 0 fully saturated rings. The molecule has 0 amide bonds. The Morgan fingerprint density at radius 2 is 1.40 bits per heavy atom. The van der Waals surface area contributed by atoms with Crippen LogP contribution in [0.15, 0.2) is 78.9 Å². The van der Waals surface area contributed by atoms with Crippen LogP contribution in [0.3, 0.4) is 0 Å². The second kappa shape index (κ2) is 6.84. The van der Waals surface area contributed by atoms with Crippen LogP contribution in [0.1, 0.15) is 10.4 Å². The number of para-hydroxylation sites is 4. The van der Waals surface area contributed by atoms with Gasteiger partial charge in [-0.05, 0) is 30.3 Å². The molecule has 25 heavy (non-hydrogen) atoms. The molecule has 0 radical (unpaired) electrons. The Morgan fingerprint density at radius 1 is 0.840 bits per heavy atom. The molecule has 0 aliphatic rings. The van der Waals surface area contributed by atoms with Gasteiger partial charge in [-0.2, -0.15) is 0 Å². The number of carboxylic acid groups (broad SMARTS) is 1. The van der Waals surface area contributed by atoms with E-state index in [1.807, 2.05) is 6.07 Å². The lowest BCUT2D eigenvalue weighted by Crippen LogP contribution is -2.15. The van der Waals surface area contributed by atoms with Crippen molar-refractivity contribution in [3.8, 4) is 0 Å². The quantitative estimate of drug-likeness (QED) is 0.537. The predicted molar refractivity (Wildman–Crippen MR) is 94.7 cm³/mol. The van der Waals surface area contributed by atoms with Crippen molar-refractivity contribution in [2.24, 2.45) is 0 Å². The van der Waals surface area contributed by atoms with Crippen molar-refractivity contribution in [2.75, 3.05) is 4.90 Å². The van der Waals surface area contributed by atoms with Gasteiger partial charge < -0.3 is 10.0 Å². The topological polar surface area (TPSA) is 83.7 Å². The Hall–Kier alpha value is -3.67. The summed E-state index contributed by atoms with van der Waals surface area (Å²) in [6, 6.07) is 21.6. The second-order valence-electron chi connectivity index (χ2n) is 5.24. The maximum absolute atomic E-state index is 11.6. The molecule has 0 aliphatic carbocycles. The van der Waals surface area contributed by atoms with E-state index in [9.17, 15) is 20.0 Å². The Bertz CT molecular complexity index is 868. The molecule has 3 aromatic carbocycles. The molecule has 1 N–H and O–H groups in total. The van der Waals surface area contributed by atoms with Crippen molar-refractivity contribution in [3.63, 3.8) is 0 Å². The molecule has 0 unspecified atom stereocenters. The first-order chi connectivity index (χ1) is 12.1. The van der Waals surface area contributed by atoms with E-state index >= 15 is 0 Å². The van der Waals surface area contributed by atoms with Gasteiger partial charge in [-0.3, -0.25) is 10.1 Å². The fourth-order valence-electron chi connectivity index (χ4n) is 2.64. The van der Waals surface area contributed by atoms with Gasteiger partial charge in [-0.25, -0.2) is 4.79 Å². The van der Waals surface area contributed by atoms with Crippen LogP contribution in [0, 0.1) is 10.1 Å². The highest BCUT2D eigenvalue weighted by Gasteiger charge is 2.24. The number of nitro benzene ring substituents is 1. The van der Waals surface area contributed by atoms with Crippen molar-refractivity contribution >= 4 is 28.7 Å². The van der Waals surface area contributed by atoms with E-state index in [-0.39, 0.29) is 11.3 Å². The van der Waals surface area contributed by atoms with Gasteiger partial charge in [0.1, 0.15) is 5.69 Å². The summed E-state index contributed by atoms with van der Waals surface area (Å²) >= 11 is 0. The molecule has 0 aromatic heterocycles. The standard InChI is InChI=1S/C19H14N2O4/c22-19(23)15-10-4-5-11-16(15)20(14-8-2-1-3-9-14)17-12-6-7-13-18(17)21(24)25/h1-13H,(H,22,23). The summed E-state index contributed by atoms with van der Waals surface area (Å²) in [6.07, 6.45) is 0. The van der Waals surface area contributed by atoms with E-state index in [1.54, 1.807) is 65.6 Å². The lowest BCUT2D eigenvalue weighted by Gasteiger charge is -2.26. The van der Waals surface area contributed by atoms with E-state index in [0.29, 0.717) is 17.1 Å². The summed E-state index contributed by atoms with van der Waals surface area (Å²) in [5.41, 5.74) is 1.24. The Kier molecular flexibility index (Phi) is 4.43. The maximum Gasteiger partial charge on any atom is 0.337 e. The SMILES string of the molecule is O=C(O)c1ccccc1N(c1ccccc1)c1ccccc1[N+](=O)[O-]. The number of hydrogen-bond donors (Lipinski definition) is 1. The average molecular weight is 334 g/mol. The van der Waals surface area contributed by atoms with Crippen LogP contribution in [0.4, 0.5) is 22.7 Å². The van der Waals surface area contributed by atoms with Crippen molar-refractivity contribution in [2.45, 2.75) is 0 Å². The van der Waals surface area contributed by atoms with E-state index in [2.05, 4.69) is 0 Å². The first kappa shape index (κ1) is 16.2. The summed E-state index contributed by atoms with van der Waals surface area (Å²) in [6.45, 7) is 0. The van der Waals surface area contributed by atoms with Gasteiger partial charge >= 0.3 is 5.97 Å². The van der Waals surface area contributed by atoms with Crippen molar-refractivity contribution in [1.29, 1.82) is 0 Å². The molecule has 0 saturated carbocycles. The fourth-order valence-corrected chi connectivity index (χ4v) is 2.64. The number of nitro groups is 1. The minimum absolute atomic E-state index is 0.0597. The number of aromatic carboxylic acids is 1. The summed E-state index contributed by atoms with van der Waals surface area (Å²) in [4.78, 5) is 24.2. The second-order valence-corrected chi connectivity index (χ2v) is 5.24. The number of anilines is 3. The van der Waals surface area contributed by atoms with Crippen LogP contribution in [0.2, 0.25) is 0 Å². The molecule has 3 aromatic rings. The smallest absolute Gasteiger partial charge is 0.337 e. The van der Waals surface area contributed by atoms with Crippen LogP contribution in [0.25, 0.3) is 0 Å². The monoisotopic (exact) mass is 334 g/mol. The van der Waals surface area contributed by atoms with Crippen molar-refractivity contribution < 1.29 is 14.8 Å². The number of nitrogens with zero attached hydrogens (tertiary/aromatic N) is 2. The number of rotatable bonds is 5. The zero-order chi connectivity index (χ0) is 17.8. The van der Waals surface area contributed by atoms with Gasteiger partial charge in [-0.1, -0.05) is 42.5 Å². The number of hydrogen-bond acceptors (Lipinski definition) is 4. The third kappa shape index (κ3) is 3.18. The van der Waals surface area contributed by atoms with Crippen molar-refractivity contribution in [3.05, 3.63) is 94.5 Å². The lowest BCUT2D eigenvalue weighted by molar-refractivity contribution is -0.384. The van der Waals surface area contributed by atoms with Crippen LogP contribution in [-0.4, -0.2) is 16.0 Å². The molecule has 124 valence electrons. The molecule has 3 rings (SSSR count). The zero-order valence-electron chi connectivity index (χ0n) is 13.1. The Balaban J connectivity index is 2.30.